The Kier molecular flexibility index (Phi) is 7.55. The molecule has 1 atom stereocenters. The lowest BCUT2D eigenvalue weighted by atomic mass is 10.1. The third-order valence-corrected chi connectivity index (χ3v) is 6.36. The van der Waals surface area contributed by atoms with Crippen molar-refractivity contribution in [3.63, 3.8) is 0 Å². The van der Waals surface area contributed by atoms with Gasteiger partial charge in [-0.1, -0.05) is 53.5 Å². The van der Waals surface area contributed by atoms with Crippen molar-refractivity contribution >= 4 is 39.9 Å². The van der Waals surface area contributed by atoms with Crippen molar-refractivity contribution < 1.29 is 9.84 Å². The lowest BCUT2D eigenvalue weighted by Crippen LogP contribution is -2.27. The summed E-state index contributed by atoms with van der Waals surface area (Å²) in [5.74, 6) is 0.662. The van der Waals surface area contributed by atoms with E-state index >= 15 is 0 Å². The Hall–Kier alpha value is -3.59. The molecule has 0 spiro atoms. The zero-order valence-corrected chi connectivity index (χ0v) is 20.4. The normalized spacial score (nSPS) is 12.5. The maximum atomic E-state index is 10.9. The first kappa shape index (κ1) is 24.5. The summed E-state index contributed by atoms with van der Waals surface area (Å²) < 4.78 is 8.81. The summed E-state index contributed by atoms with van der Waals surface area (Å²) in [5, 5.41) is 27.3. The molecule has 0 aliphatic rings. The fraction of sp³-hybridized carbons (Fsp3) is 0.160. The minimum atomic E-state index is -0.902. The van der Waals surface area contributed by atoms with Crippen LogP contribution in [0.2, 0.25) is 10.0 Å². The van der Waals surface area contributed by atoms with E-state index in [1.54, 1.807) is 40.6 Å². The van der Waals surface area contributed by atoms with Crippen molar-refractivity contribution in [2.75, 3.05) is 12.4 Å². The Labute approximate surface area is 212 Å². The number of hydrogen-bond acceptors (Lipinski definition) is 6. The Morgan fingerprint density at radius 1 is 1.06 bits per heavy atom. The molecule has 0 aliphatic carbocycles. The first-order valence-corrected chi connectivity index (χ1v) is 11.5. The van der Waals surface area contributed by atoms with Crippen LogP contribution in [0.1, 0.15) is 11.7 Å². The smallest absolute Gasteiger partial charge is 0.203 e. The molecule has 10 heteroatoms. The number of aliphatic hydroxyl groups is 1. The van der Waals surface area contributed by atoms with Gasteiger partial charge in [-0.2, -0.15) is 5.11 Å². The fourth-order valence-corrected chi connectivity index (χ4v) is 4.14. The Balaban J connectivity index is 1.65. The highest BCUT2D eigenvalue weighted by Gasteiger charge is 2.17. The summed E-state index contributed by atoms with van der Waals surface area (Å²) in [5.41, 5.74) is 11.1. The van der Waals surface area contributed by atoms with E-state index in [1.807, 2.05) is 48.5 Å². The predicted molar refractivity (Wildman–Crippen MR) is 137 cm³/mol. The molecule has 1 aromatic heterocycles. The second kappa shape index (κ2) is 10.8. The summed E-state index contributed by atoms with van der Waals surface area (Å²) in [6.07, 6.45) is 0.717. The molecular formula is C25H24Cl2N6O2. The molecule has 0 aliphatic heterocycles. The zero-order valence-electron chi connectivity index (χ0n) is 18.9. The number of benzene rings is 3. The maximum Gasteiger partial charge on any atom is 0.203 e. The standard InChI is InChI=1S/C25H24Cl2N6O2/c1-35-24-9-5-2-6-20(24)30-13-17(31-29)14-32-21-7-3-4-8-22(21)33(25(32)28)15-23(34)16-10-11-18(26)19(27)12-16/h2-13,23,28-30,34H,14-15H2,1H3/b17-13-,28-25?,31-29?. The summed E-state index contributed by atoms with van der Waals surface area (Å²) in [4.78, 5) is 0. The van der Waals surface area contributed by atoms with Crippen molar-refractivity contribution in [1.82, 2.24) is 9.13 Å². The van der Waals surface area contributed by atoms with Crippen LogP contribution in [-0.4, -0.2) is 21.4 Å². The van der Waals surface area contributed by atoms with Gasteiger partial charge >= 0.3 is 0 Å². The van der Waals surface area contributed by atoms with Gasteiger partial charge in [-0.15, -0.1) is 0 Å². The average Bonchev–Trinajstić information content (AvgIpc) is 3.13. The van der Waals surface area contributed by atoms with Gasteiger partial charge in [0.05, 0.1) is 58.8 Å². The van der Waals surface area contributed by atoms with E-state index < -0.39 is 6.10 Å². The number of nitrogens with zero attached hydrogens (tertiary/aromatic N) is 3. The molecule has 0 saturated carbocycles. The van der Waals surface area contributed by atoms with Gasteiger partial charge in [-0.25, -0.2) is 5.53 Å². The molecule has 1 heterocycles. The fourth-order valence-electron chi connectivity index (χ4n) is 3.84. The van der Waals surface area contributed by atoms with Gasteiger partial charge < -0.3 is 24.3 Å². The number of rotatable bonds is 9. The van der Waals surface area contributed by atoms with Crippen LogP contribution in [0.25, 0.3) is 11.0 Å². The van der Waals surface area contributed by atoms with E-state index in [1.165, 1.54) is 0 Å². The molecule has 4 aromatic rings. The second-order valence-corrected chi connectivity index (χ2v) is 8.60. The Bertz CT molecular complexity index is 1460. The number of anilines is 1. The number of allylic oxidation sites excluding steroid dienone is 1. The summed E-state index contributed by atoms with van der Waals surface area (Å²) in [6.45, 7) is 0.321. The van der Waals surface area contributed by atoms with Crippen LogP contribution in [0, 0.1) is 10.9 Å². The molecule has 0 saturated heterocycles. The largest absolute Gasteiger partial charge is 0.495 e. The third kappa shape index (κ3) is 5.24. The molecule has 35 heavy (non-hydrogen) atoms. The number of nitrogens with one attached hydrogen (secondary N) is 3. The zero-order chi connectivity index (χ0) is 24.9. The van der Waals surface area contributed by atoms with Crippen molar-refractivity contribution in [2.24, 2.45) is 5.11 Å². The quantitative estimate of drug-likeness (QED) is 0.208. The van der Waals surface area contributed by atoms with Crippen LogP contribution in [0.5, 0.6) is 5.75 Å². The maximum absolute atomic E-state index is 10.9. The molecule has 0 amide bonds. The topological polar surface area (TPSA) is 111 Å². The number of hydrogen-bond donors (Lipinski definition) is 4. The van der Waals surface area contributed by atoms with Gasteiger partial charge in [0.2, 0.25) is 5.62 Å². The van der Waals surface area contributed by atoms with Crippen LogP contribution in [0.4, 0.5) is 5.69 Å². The van der Waals surface area contributed by atoms with Crippen molar-refractivity contribution in [1.29, 1.82) is 10.9 Å². The second-order valence-electron chi connectivity index (χ2n) is 7.79. The van der Waals surface area contributed by atoms with Gasteiger partial charge in [0, 0.05) is 6.20 Å². The third-order valence-electron chi connectivity index (χ3n) is 5.62. The van der Waals surface area contributed by atoms with Crippen LogP contribution in [-0.2, 0) is 13.1 Å². The van der Waals surface area contributed by atoms with E-state index in [9.17, 15) is 5.11 Å². The summed E-state index contributed by atoms with van der Waals surface area (Å²) >= 11 is 12.1. The van der Waals surface area contributed by atoms with E-state index in [-0.39, 0.29) is 18.7 Å². The van der Waals surface area contributed by atoms with Gasteiger partial charge in [0.25, 0.3) is 0 Å². The molecule has 0 fully saturated rings. The molecule has 4 N–H and O–H groups in total. The molecular weight excluding hydrogens is 487 g/mol. The van der Waals surface area contributed by atoms with E-state index in [2.05, 4.69) is 10.4 Å². The van der Waals surface area contributed by atoms with Gasteiger partial charge in [0.1, 0.15) is 5.75 Å². The molecule has 0 radical (unpaired) electrons. The molecule has 180 valence electrons. The van der Waals surface area contributed by atoms with Gasteiger partial charge in [0.15, 0.2) is 0 Å². The number of halogens is 2. The van der Waals surface area contributed by atoms with Gasteiger partial charge in [-0.3, -0.25) is 5.41 Å². The lowest BCUT2D eigenvalue weighted by Gasteiger charge is -2.13. The first-order valence-electron chi connectivity index (χ1n) is 10.7. The number of aliphatic hydroxyl groups excluding tert-OH is 1. The van der Waals surface area contributed by atoms with Crippen LogP contribution in [0.3, 0.4) is 0 Å². The highest BCUT2D eigenvalue weighted by Crippen LogP contribution is 2.27. The number of para-hydroxylation sites is 4. The number of aromatic nitrogens is 2. The molecule has 3 aromatic carbocycles. The number of imidazole rings is 1. The highest BCUT2D eigenvalue weighted by atomic mass is 35.5. The SMILES string of the molecule is COc1ccccc1N/C=C(/Cn1c(=N)n(CC(O)c2ccc(Cl)c(Cl)c2)c2ccccc21)N=N. The van der Waals surface area contributed by atoms with Crippen LogP contribution in [0.15, 0.2) is 83.7 Å². The Morgan fingerprint density at radius 2 is 1.74 bits per heavy atom. The minimum absolute atomic E-state index is 0.140. The summed E-state index contributed by atoms with van der Waals surface area (Å²) in [7, 11) is 1.59. The van der Waals surface area contributed by atoms with E-state index in [0.717, 1.165) is 16.7 Å². The molecule has 0 bridgehead atoms. The van der Waals surface area contributed by atoms with Crippen molar-refractivity contribution in [3.8, 4) is 5.75 Å². The molecule has 1 unspecified atom stereocenters. The predicted octanol–water partition coefficient (Wildman–Crippen LogP) is 5.96. The summed E-state index contributed by atoms with van der Waals surface area (Å²) in [6, 6.07) is 20.0. The minimum Gasteiger partial charge on any atom is -0.495 e. The van der Waals surface area contributed by atoms with Crippen LogP contribution < -0.4 is 15.7 Å². The van der Waals surface area contributed by atoms with E-state index in [4.69, 9.17) is 38.9 Å². The molecule has 8 nitrogen and oxygen atoms in total. The number of methoxy groups -OCH3 is 1. The average molecular weight is 511 g/mol. The van der Waals surface area contributed by atoms with Crippen LogP contribution >= 0.6 is 23.2 Å². The number of ether oxygens (including phenoxy) is 1. The molecule has 4 rings (SSSR count). The first-order chi connectivity index (χ1) is 16.9. The van der Waals surface area contributed by atoms with Gasteiger partial charge in [-0.05, 0) is 42.0 Å². The number of fused-ring (bicyclic) bond motifs is 1. The van der Waals surface area contributed by atoms with Crippen molar-refractivity contribution in [2.45, 2.75) is 19.2 Å². The van der Waals surface area contributed by atoms with E-state index in [0.29, 0.717) is 27.1 Å². The van der Waals surface area contributed by atoms with Crippen molar-refractivity contribution in [3.05, 3.63) is 99.9 Å². The monoisotopic (exact) mass is 510 g/mol. The lowest BCUT2D eigenvalue weighted by molar-refractivity contribution is 0.155. The Morgan fingerprint density at radius 3 is 2.43 bits per heavy atom. The highest BCUT2D eigenvalue weighted by molar-refractivity contribution is 6.42.